The molecule has 0 saturated carbocycles. The van der Waals surface area contributed by atoms with E-state index in [-0.39, 0.29) is 11.4 Å². The van der Waals surface area contributed by atoms with Crippen LogP contribution in [0.2, 0.25) is 0 Å². The minimum atomic E-state index is -0.475. The standard InChI is InChI=1S/C21H39NO4/c1-5-6-7-8-9-10-11-12-16-25-19(23)18-14-13-15-22(18)20(24)26-17-21(2,3)4/h18H,5-17H2,1-4H3. The second-order valence-corrected chi connectivity index (χ2v) is 8.61. The second kappa shape index (κ2) is 12.2. The molecule has 5 heteroatoms. The summed E-state index contributed by atoms with van der Waals surface area (Å²) in [6.45, 7) is 9.64. The third-order valence-electron chi connectivity index (χ3n) is 4.63. The van der Waals surface area contributed by atoms with Gasteiger partial charge >= 0.3 is 12.1 Å². The molecule has 152 valence electrons. The molecule has 0 N–H and O–H groups in total. The summed E-state index contributed by atoms with van der Waals surface area (Å²) in [5.74, 6) is -0.279. The van der Waals surface area contributed by atoms with E-state index in [4.69, 9.17) is 9.47 Å². The Balaban J connectivity index is 2.19. The Bertz CT molecular complexity index is 417. The summed E-state index contributed by atoms with van der Waals surface area (Å²) >= 11 is 0. The largest absolute Gasteiger partial charge is 0.464 e. The summed E-state index contributed by atoms with van der Waals surface area (Å²) in [7, 11) is 0. The van der Waals surface area contributed by atoms with Crippen LogP contribution in [-0.4, -0.2) is 42.8 Å². The van der Waals surface area contributed by atoms with Gasteiger partial charge in [0, 0.05) is 6.54 Å². The predicted octanol–water partition coefficient (Wildman–Crippen LogP) is 5.32. The first-order valence-corrected chi connectivity index (χ1v) is 10.4. The van der Waals surface area contributed by atoms with Gasteiger partial charge in [-0.15, -0.1) is 0 Å². The maximum atomic E-state index is 12.3. The van der Waals surface area contributed by atoms with Gasteiger partial charge in [-0.25, -0.2) is 9.59 Å². The summed E-state index contributed by atoms with van der Waals surface area (Å²) in [4.78, 5) is 26.1. The van der Waals surface area contributed by atoms with Crippen LogP contribution >= 0.6 is 0 Å². The van der Waals surface area contributed by atoms with Crippen LogP contribution in [0.25, 0.3) is 0 Å². The maximum absolute atomic E-state index is 12.3. The van der Waals surface area contributed by atoms with Crippen molar-refractivity contribution in [1.29, 1.82) is 0 Å². The molecule has 0 aliphatic carbocycles. The van der Waals surface area contributed by atoms with Gasteiger partial charge in [0.15, 0.2) is 0 Å². The molecule has 0 aromatic heterocycles. The first-order valence-electron chi connectivity index (χ1n) is 10.4. The fourth-order valence-electron chi connectivity index (χ4n) is 3.10. The van der Waals surface area contributed by atoms with Crippen molar-refractivity contribution < 1.29 is 19.1 Å². The Hall–Kier alpha value is -1.26. The molecular weight excluding hydrogens is 330 g/mol. The lowest BCUT2D eigenvalue weighted by Gasteiger charge is -2.25. The third kappa shape index (κ3) is 9.44. The molecule has 1 heterocycles. The number of hydrogen-bond acceptors (Lipinski definition) is 4. The van der Waals surface area contributed by atoms with E-state index < -0.39 is 12.1 Å². The molecular formula is C21H39NO4. The molecule has 1 amide bonds. The normalized spacial score (nSPS) is 17.4. The zero-order chi connectivity index (χ0) is 19.4. The van der Waals surface area contributed by atoms with Gasteiger partial charge in [-0.1, -0.05) is 72.6 Å². The molecule has 0 spiro atoms. The number of nitrogens with zero attached hydrogens (tertiary/aromatic N) is 1. The molecule has 5 nitrogen and oxygen atoms in total. The molecule has 1 atom stereocenters. The predicted molar refractivity (Wildman–Crippen MR) is 104 cm³/mol. The van der Waals surface area contributed by atoms with Crippen molar-refractivity contribution in [2.45, 2.75) is 97.9 Å². The lowest BCUT2D eigenvalue weighted by atomic mass is 9.99. The fourth-order valence-corrected chi connectivity index (χ4v) is 3.10. The van der Waals surface area contributed by atoms with E-state index in [0.29, 0.717) is 26.2 Å². The first-order chi connectivity index (χ1) is 12.3. The van der Waals surface area contributed by atoms with Crippen molar-refractivity contribution in [2.24, 2.45) is 5.41 Å². The van der Waals surface area contributed by atoms with Gasteiger partial charge in [-0.2, -0.15) is 0 Å². The number of likely N-dealkylation sites (tertiary alicyclic amines) is 1. The van der Waals surface area contributed by atoms with Gasteiger partial charge in [0.2, 0.25) is 0 Å². The number of hydrogen-bond donors (Lipinski definition) is 0. The molecule has 0 radical (unpaired) electrons. The van der Waals surface area contributed by atoms with Gasteiger partial charge in [0.1, 0.15) is 6.04 Å². The van der Waals surface area contributed by atoms with Crippen LogP contribution in [0.1, 0.15) is 91.9 Å². The summed E-state index contributed by atoms with van der Waals surface area (Å²) < 4.78 is 10.8. The van der Waals surface area contributed by atoms with Gasteiger partial charge in [-0.3, -0.25) is 4.90 Å². The third-order valence-corrected chi connectivity index (χ3v) is 4.63. The molecule has 0 aromatic carbocycles. The average Bonchev–Trinajstić information content (AvgIpc) is 3.07. The van der Waals surface area contributed by atoms with Crippen LogP contribution < -0.4 is 0 Å². The van der Waals surface area contributed by atoms with E-state index in [1.54, 1.807) is 0 Å². The zero-order valence-electron chi connectivity index (χ0n) is 17.3. The zero-order valence-corrected chi connectivity index (χ0v) is 17.3. The molecule has 1 fully saturated rings. The van der Waals surface area contributed by atoms with Crippen LogP contribution in [0.3, 0.4) is 0 Å². The van der Waals surface area contributed by atoms with Crippen LogP contribution in [0.5, 0.6) is 0 Å². The van der Waals surface area contributed by atoms with Gasteiger partial charge in [0.25, 0.3) is 0 Å². The minimum Gasteiger partial charge on any atom is -0.464 e. The summed E-state index contributed by atoms with van der Waals surface area (Å²) in [5.41, 5.74) is -0.0814. The molecule has 1 aliphatic heterocycles. The topological polar surface area (TPSA) is 55.8 Å². The van der Waals surface area contributed by atoms with E-state index in [9.17, 15) is 9.59 Å². The molecule has 1 unspecified atom stereocenters. The quantitative estimate of drug-likeness (QED) is 0.365. The van der Waals surface area contributed by atoms with E-state index >= 15 is 0 Å². The highest BCUT2D eigenvalue weighted by molar-refractivity contribution is 5.82. The number of carbonyl (C=O) groups excluding carboxylic acids is 2. The lowest BCUT2D eigenvalue weighted by molar-refractivity contribution is -0.148. The highest BCUT2D eigenvalue weighted by atomic mass is 16.6. The highest BCUT2D eigenvalue weighted by Crippen LogP contribution is 2.21. The molecule has 1 rings (SSSR count). The Morgan fingerprint density at radius 1 is 0.962 bits per heavy atom. The van der Waals surface area contributed by atoms with Gasteiger partial charge in [0.05, 0.1) is 13.2 Å². The Labute approximate surface area is 159 Å². The number of carbonyl (C=O) groups is 2. The summed E-state index contributed by atoms with van der Waals surface area (Å²) in [6, 6.07) is -0.475. The van der Waals surface area contributed by atoms with Crippen LogP contribution in [0, 0.1) is 5.41 Å². The SMILES string of the molecule is CCCCCCCCCCOC(=O)C1CCCN1C(=O)OCC(C)(C)C. The van der Waals surface area contributed by atoms with Crippen molar-refractivity contribution in [3.63, 3.8) is 0 Å². The summed E-state index contributed by atoms with van der Waals surface area (Å²) in [6.07, 6.45) is 10.8. The van der Waals surface area contributed by atoms with Crippen LogP contribution in [0.15, 0.2) is 0 Å². The number of rotatable bonds is 11. The number of amides is 1. The van der Waals surface area contributed by atoms with Gasteiger partial charge < -0.3 is 9.47 Å². The minimum absolute atomic E-state index is 0.0814. The smallest absolute Gasteiger partial charge is 0.410 e. The fraction of sp³-hybridized carbons (Fsp3) is 0.905. The van der Waals surface area contributed by atoms with Crippen molar-refractivity contribution in [1.82, 2.24) is 4.90 Å². The van der Waals surface area contributed by atoms with Crippen molar-refractivity contribution >= 4 is 12.1 Å². The molecule has 0 bridgehead atoms. The van der Waals surface area contributed by atoms with E-state index in [0.717, 1.165) is 19.3 Å². The van der Waals surface area contributed by atoms with Crippen molar-refractivity contribution in [3.8, 4) is 0 Å². The Morgan fingerprint density at radius 3 is 2.19 bits per heavy atom. The molecule has 0 aromatic rings. The number of esters is 1. The second-order valence-electron chi connectivity index (χ2n) is 8.61. The van der Waals surface area contributed by atoms with Gasteiger partial charge in [-0.05, 0) is 24.7 Å². The maximum Gasteiger partial charge on any atom is 0.410 e. The van der Waals surface area contributed by atoms with Crippen molar-refractivity contribution in [2.75, 3.05) is 19.8 Å². The Kier molecular flexibility index (Phi) is 10.7. The average molecular weight is 370 g/mol. The molecule has 1 saturated heterocycles. The lowest BCUT2D eigenvalue weighted by Crippen LogP contribution is -2.42. The highest BCUT2D eigenvalue weighted by Gasteiger charge is 2.36. The monoisotopic (exact) mass is 369 g/mol. The van der Waals surface area contributed by atoms with Crippen molar-refractivity contribution in [3.05, 3.63) is 0 Å². The molecule has 1 aliphatic rings. The van der Waals surface area contributed by atoms with Crippen LogP contribution in [0.4, 0.5) is 4.79 Å². The molecule has 26 heavy (non-hydrogen) atoms. The van der Waals surface area contributed by atoms with E-state index in [2.05, 4.69) is 6.92 Å². The number of unbranched alkanes of at least 4 members (excludes halogenated alkanes) is 7. The van der Waals surface area contributed by atoms with E-state index in [1.165, 1.54) is 43.4 Å². The van der Waals surface area contributed by atoms with E-state index in [1.807, 2.05) is 20.8 Å². The van der Waals surface area contributed by atoms with Crippen LogP contribution in [-0.2, 0) is 14.3 Å². The Morgan fingerprint density at radius 2 is 1.58 bits per heavy atom. The first kappa shape index (κ1) is 22.8. The summed E-state index contributed by atoms with van der Waals surface area (Å²) in [5, 5.41) is 0. The number of ether oxygens (including phenoxy) is 2.